The van der Waals surface area contributed by atoms with Crippen molar-refractivity contribution < 1.29 is 9.59 Å². The Labute approximate surface area is 158 Å². The first-order valence-corrected chi connectivity index (χ1v) is 9.38. The molecule has 2 heterocycles. The Morgan fingerprint density at radius 3 is 2.67 bits per heavy atom. The van der Waals surface area contributed by atoms with E-state index in [2.05, 4.69) is 10.3 Å². The van der Waals surface area contributed by atoms with Gasteiger partial charge in [0.1, 0.15) is 0 Å². The summed E-state index contributed by atoms with van der Waals surface area (Å²) in [4.78, 5) is 29.9. The van der Waals surface area contributed by atoms with E-state index < -0.39 is 0 Å². The van der Waals surface area contributed by atoms with Crippen LogP contribution in [-0.2, 0) is 16.0 Å². The van der Waals surface area contributed by atoms with Crippen LogP contribution in [0.3, 0.4) is 0 Å². The molecule has 1 atom stereocenters. The van der Waals surface area contributed by atoms with E-state index >= 15 is 0 Å². The van der Waals surface area contributed by atoms with Crippen LogP contribution >= 0.6 is 0 Å². The first kappa shape index (κ1) is 17.3. The number of aromatic amines is 1. The molecule has 1 fully saturated rings. The van der Waals surface area contributed by atoms with Crippen molar-refractivity contribution in [2.24, 2.45) is 0 Å². The van der Waals surface area contributed by atoms with Crippen LogP contribution in [0.5, 0.6) is 0 Å². The number of H-pyrrole nitrogens is 1. The zero-order chi connectivity index (χ0) is 18.6. The minimum absolute atomic E-state index is 0.0414. The predicted octanol–water partition coefficient (Wildman–Crippen LogP) is 3.19. The van der Waals surface area contributed by atoms with Crippen LogP contribution in [0.15, 0.2) is 60.8 Å². The molecule has 4 rings (SSSR count). The smallest absolute Gasteiger partial charge is 0.225 e. The highest BCUT2D eigenvalue weighted by Gasteiger charge is 2.25. The molecule has 0 aliphatic carbocycles. The Bertz CT molecular complexity index is 948. The summed E-state index contributed by atoms with van der Waals surface area (Å²) in [5.41, 5.74) is 3.03. The maximum absolute atomic E-state index is 12.8. The second-order valence-electron chi connectivity index (χ2n) is 7.01. The molecule has 0 saturated carbocycles. The number of nitrogens with one attached hydrogen (secondary N) is 2. The highest BCUT2D eigenvalue weighted by atomic mass is 16.2. The Morgan fingerprint density at radius 1 is 1.11 bits per heavy atom. The summed E-state index contributed by atoms with van der Waals surface area (Å²) < 4.78 is 0. The molecule has 1 aliphatic rings. The molecule has 0 unspecified atom stereocenters. The summed E-state index contributed by atoms with van der Waals surface area (Å²) in [5, 5.41) is 4.21. The second-order valence-corrected chi connectivity index (χ2v) is 7.01. The quantitative estimate of drug-likeness (QED) is 0.708. The van der Waals surface area contributed by atoms with Gasteiger partial charge in [-0.3, -0.25) is 9.59 Å². The fourth-order valence-corrected chi connectivity index (χ4v) is 3.73. The average Bonchev–Trinajstić information content (AvgIpc) is 3.28. The molecule has 1 aliphatic heterocycles. The van der Waals surface area contributed by atoms with Crippen molar-refractivity contribution in [2.45, 2.75) is 25.3 Å². The fraction of sp³-hybridized carbons (Fsp3) is 0.273. The molecule has 2 aromatic carbocycles. The maximum Gasteiger partial charge on any atom is 0.225 e. The third-order valence-electron chi connectivity index (χ3n) is 5.14. The van der Waals surface area contributed by atoms with Gasteiger partial charge in [-0.05, 0) is 23.6 Å². The van der Waals surface area contributed by atoms with Gasteiger partial charge in [-0.15, -0.1) is 0 Å². The monoisotopic (exact) mass is 361 g/mol. The summed E-state index contributed by atoms with van der Waals surface area (Å²) >= 11 is 0. The summed E-state index contributed by atoms with van der Waals surface area (Å²) in [6.45, 7) is 1.28. The summed E-state index contributed by atoms with van der Waals surface area (Å²) in [6.07, 6.45) is 3.70. The Kier molecular flexibility index (Phi) is 4.92. The normalized spacial score (nSPS) is 15.3. The van der Waals surface area contributed by atoms with Crippen molar-refractivity contribution in [3.8, 4) is 0 Å². The van der Waals surface area contributed by atoms with Crippen molar-refractivity contribution >= 4 is 22.7 Å². The number of amides is 2. The van der Waals surface area contributed by atoms with Gasteiger partial charge in [-0.2, -0.15) is 0 Å². The number of nitrogens with zero attached hydrogens (tertiary/aromatic N) is 1. The molecule has 1 saturated heterocycles. The number of rotatable bonds is 6. The summed E-state index contributed by atoms with van der Waals surface area (Å²) in [5.74, 6) is 0.127. The third-order valence-corrected chi connectivity index (χ3v) is 5.14. The maximum atomic E-state index is 12.8. The number of carbonyl (C=O) groups excluding carboxylic acids is 2. The van der Waals surface area contributed by atoms with E-state index in [1.807, 2.05) is 65.7 Å². The van der Waals surface area contributed by atoms with Gasteiger partial charge in [-0.1, -0.05) is 48.5 Å². The lowest BCUT2D eigenvalue weighted by Crippen LogP contribution is -2.39. The molecule has 2 amide bonds. The van der Waals surface area contributed by atoms with Gasteiger partial charge in [0.2, 0.25) is 11.8 Å². The molecular weight excluding hydrogens is 338 g/mol. The number of hydrogen-bond acceptors (Lipinski definition) is 2. The highest BCUT2D eigenvalue weighted by molar-refractivity contribution is 5.89. The van der Waals surface area contributed by atoms with E-state index in [4.69, 9.17) is 0 Å². The number of carbonyl (C=O) groups is 2. The lowest BCUT2D eigenvalue weighted by atomic mass is 10.1. The van der Waals surface area contributed by atoms with Gasteiger partial charge in [0.25, 0.3) is 0 Å². The largest absolute Gasteiger partial charge is 0.361 e. The second kappa shape index (κ2) is 7.66. The molecular formula is C22H23N3O2. The van der Waals surface area contributed by atoms with Crippen LogP contribution in [0, 0.1) is 0 Å². The lowest BCUT2D eigenvalue weighted by molar-refractivity contribution is -0.129. The van der Waals surface area contributed by atoms with Crippen molar-refractivity contribution in [1.29, 1.82) is 0 Å². The lowest BCUT2D eigenvalue weighted by Gasteiger charge is -2.25. The fourth-order valence-electron chi connectivity index (χ4n) is 3.73. The Balaban J connectivity index is 1.50. The van der Waals surface area contributed by atoms with Gasteiger partial charge in [0.05, 0.1) is 12.5 Å². The van der Waals surface area contributed by atoms with E-state index in [9.17, 15) is 9.59 Å². The summed E-state index contributed by atoms with van der Waals surface area (Å²) in [7, 11) is 0. The standard InChI is InChI=1S/C22H23N3O2/c26-21(13-17-14-23-19-10-5-4-9-18(17)19)24-20(16-7-2-1-3-8-16)15-25-12-6-11-22(25)27/h1-5,7-10,14,20,23H,6,11-13,15H2,(H,24,26)/t20-/m1/s1. The zero-order valence-electron chi connectivity index (χ0n) is 15.2. The van der Waals surface area contributed by atoms with Gasteiger partial charge in [0, 0.05) is 36.6 Å². The molecule has 0 bridgehead atoms. The number of para-hydroxylation sites is 1. The molecule has 0 spiro atoms. The van der Waals surface area contributed by atoms with Gasteiger partial charge in [0.15, 0.2) is 0 Å². The first-order valence-electron chi connectivity index (χ1n) is 9.38. The highest BCUT2D eigenvalue weighted by Crippen LogP contribution is 2.21. The minimum Gasteiger partial charge on any atom is -0.361 e. The molecule has 2 N–H and O–H groups in total. The van der Waals surface area contributed by atoms with E-state index in [0.29, 0.717) is 19.4 Å². The van der Waals surface area contributed by atoms with E-state index in [-0.39, 0.29) is 17.9 Å². The van der Waals surface area contributed by atoms with Crippen LogP contribution in [0.25, 0.3) is 10.9 Å². The third kappa shape index (κ3) is 3.87. The number of hydrogen-bond donors (Lipinski definition) is 2. The van der Waals surface area contributed by atoms with Crippen molar-refractivity contribution in [1.82, 2.24) is 15.2 Å². The average molecular weight is 361 g/mol. The van der Waals surface area contributed by atoms with Crippen LogP contribution in [0.1, 0.15) is 30.0 Å². The molecule has 138 valence electrons. The van der Waals surface area contributed by atoms with Gasteiger partial charge in [-0.25, -0.2) is 0 Å². The number of aromatic nitrogens is 1. The Hall–Kier alpha value is -3.08. The molecule has 5 heteroatoms. The minimum atomic E-state index is -0.203. The van der Waals surface area contributed by atoms with Crippen molar-refractivity contribution in [3.63, 3.8) is 0 Å². The summed E-state index contributed by atoms with van der Waals surface area (Å²) in [6, 6.07) is 17.6. The first-order chi connectivity index (χ1) is 13.2. The predicted molar refractivity (Wildman–Crippen MR) is 105 cm³/mol. The van der Waals surface area contributed by atoms with E-state index in [1.165, 1.54) is 0 Å². The molecule has 27 heavy (non-hydrogen) atoms. The Morgan fingerprint density at radius 2 is 1.89 bits per heavy atom. The molecule has 1 aromatic heterocycles. The van der Waals surface area contributed by atoms with E-state index in [0.717, 1.165) is 35.0 Å². The topological polar surface area (TPSA) is 65.2 Å². The zero-order valence-corrected chi connectivity index (χ0v) is 15.2. The van der Waals surface area contributed by atoms with E-state index in [1.54, 1.807) is 0 Å². The molecule has 3 aromatic rings. The van der Waals surface area contributed by atoms with Crippen LogP contribution < -0.4 is 5.32 Å². The SMILES string of the molecule is O=C(Cc1c[nH]c2ccccc12)N[C@H](CN1CCCC1=O)c1ccccc1. The van der Waals surface area contributed by atoms with Crippen molar-refractivity contribution in [2.75, 3.05) is 13.1 Å². The molecule has 5 nitrogen and oxygen atoms in total. The molecule has 0 radical (unpaired) electrons. The number of likely N-dealkylation sites (tertiary alicyclic amines) is 1. The van der Waals surface area contributed by atoms with Gasteiger partial charge >= 0.3 is 0 Å². The van der Waals surface area contributed by atoms with Crippen LogP contribution in [-0.4, -0.2) is 34.8 Å². The van der Waals surface area contributed by atoms with Crippen LogP contribution in [0.2, 0.25) is 0 Å². The number of benzene rings is 2. The van der Waals surface area contributed by atoms with Gasteiger partial charge < -0.3 is 15.2 Å². The number of fused-ring (bicyclic) bond motifs is 1. The van der Waals surface area contributed by atoms with Crippen molar-refractivity contribution in [3.05, 3.63) is 71.9 Å². The van der Waals surface area contributed by atoms with Crippen LogP contribution in [0.4, 0.5) is 0 Å².